The third-order valence-corrected chi connectivity index (χ3v) is 1.48. The van der Waals surface area contributed by atoms with Crippen molar-refractivity contribution < 1.29 is 9.53 Å². The molecule has 0 aliphatic heterocycles. The number of aromatic amines is 1. The quantitative estimate of drug-likeness (QED) is 0.675. The molecule has 5 heteroatoms. The number of carbonyl (C=O) groups excluding carboxylic acids is 1. The molecule has 0 saturated heterocycles. The number of nitrogens with two attached hydrogens (primary N) is 1. The van der Waals surface area contributed by atoms with Crippen molar-refractivity contribution in [3.8, 4) is 0 Å². The van der Waals surface area contributed by atoms with Gasteiger partial charge in [0.15, 0.2) is 5.43 Å². The molecule has 0 unspecified atom stereocenters. The Morgan fingerprint density at radius 1 is 1.40 bits per heavy atom. The van der Waals surface area contributed by atoms with Crippen LogP contribution in [0.1, 0.15) is 31.3 Å². The molecule has 1 aromatic heterocycles. The van der Waals surface area contributed by atoms with E-state index in [-0.39, 0.29) is 16.9 Å². The molecule has 0 aliphatic carbocycles. The summed E-state index contributed by atoms with van der Waals surface area (Å²) in [7, 11) is 0. The third-order valence-electron chi connectivity index (χ3n) is 1.48. The Balaban J connectivity index is 2.97. The van der Waals surface area contributed by atoms with Crippen molar-refractivity contribution >= 4 is 11.8 Å². The van der Waals surface area contributed by atoms with E-state index in [1.54, 1.807) is 20.8 Å². The number of anilines is 1. The Bertz CT molecular complexity index is 429. The number of ether oxygens (including phenoxy) is 1. The van der Waals surface area contributed by atoms with Crippen LogP contribution < -0.4 is 11.2 Å². The summed E-state index contributed by atoms with van der Waals surface area (Å²) in [5.74, 6) is -0.449. The van der Waals surface area contributed by atoms with Gasteiger partial charge in [-0.2, -0.15) is 0 Å². The van der Waals surface area contributed by atoms with Gasteiger partial charge in [-0.05, 0) is 20.8 Å². The predicted molar refractivity (Wildman–Crippen MR) is 56.6 cm³/mol. The monoisotopic (exact) mass is 210 g/mol. The molecular weight excluding hydrogens is 196 g/mol. The highest BCUT2D eigenvalue weighted by Crippen LogP contribution is 2.10. The highest BCUT2D eigenvalue weighted by molar-refractivity contribution is 5.87. The number of H-pyrrole nitrogens is 1. The lowest BCUT2D eigenvalue weighted by atomic mass is 10.2. The lowest BCUT2D eigenvalue weighted by Gasteiger charge is -2.19. The molecule has 0 bridgehead atoms. The summed E-state index contributed by atoms with van der Waals surface area (Å²) in [6.07, 6.45) is 0. The molecule has 0 atom stereocenters. The van der Waals surface area contributed by atoms with Crippen LogP contribution in [0.5, 0.6) is 0 Å². The number of esters is 1. The van der Waals surface area contributed by atoms with Crippen LogP contribution in [0.2, 0.25) is 0 Å². The van der Waals surface area contributed by atoms with Crippen molar-refractivity contribution in [2.24, 2.45) is 0 Å². The number of hydrogen-bond acceptors (Lipinski definition) is 4. The summed E-state index contributed by atoms with van der Waals surface area (Å²) in [5, 5.41) is 0. The van der Waals surface area contributed by atoms with Crippen LogP contribution in [0, 0.1) is 0 Å². The maximum absolute atomic E-state index is 11.5. The summed E-state index contributed by atoms with van der Waals surface area (Å²) >= 11 is 0. The molecule has 1 aromatic rings. The molecule has 5 nitrogen and oxygen atoms in total. The first-order chi connectivity index (χ1) is 6.78. The zero-order valence-electron chi connectivity index (χ0n) is 8.96. The number of hydrogen-bond donors (Lipinski definition) is 2. The van der Waals surface area contributed by atoms with E-state index in [0.717, 1.165) is 6.07 Å². The SMILES string of the molecule is CC(C)(C)OC(=O)c1cc(=O)cc(N)[nH]1. The highest BCUT2D eigenvalue weighted by atomic mass is 16.6. The van der Waals surface area contributed by atoms with Gasteiger partial charge in [0.05, 0.1) is 0 Å². The lowest BCUT2D eigenvalue weighted by molar-refractivity contribution is 0.00629. The maximum Gasteiger partial charge on any atom is 0.355 e. The minimum Gasteiger partial charge on any atom is -0.455 e. The van der Waals surface area contributed by atoms with Crippen molar-refractivity contribution in [3.05, 3.63) is 28.0 Å². The zero-order valence-corrected chi connectivity index (χ0v) is 8.96. The lowest BCUT2D eigenvalue weighted by Crippen LogP contribution is -2.25. The normalized spacial score (nSPS) is 11.1. The molecule has 82 valence electrons. The van der Waals surface area contributed by atoms with Gasteiger partial charge in [-0.1, -0.05) is 0 Å². The molecule has 0 amide bonds. The fourth-order valence-corrected chi connectivity index (χ4v) is 1.01. The van der Waals surface area contributed by atoms with E-state index in [4.69, 9.17) is 10.5 Å². The van der Waals surface area contributed by atoms with Gasteiger partial charge in [-0.25, -0.2) is 4.79 Å². The molecule has 0 radical (unpaired) electrons. The second-order valence-electron chi connectivity index (χ2n) is 4.19. The molecule has 15 heavy (non-hydrogen) atoms. The predicted octanol–water partition coefficient (Wildman–Crippen LogP) is 0.912. The summed E-state index contributed by atoms with van der Waals surface area (Å²) < 4.78 is 5.07. The molecule has 0 aliphatic rings. The topological polar surface area (TPSA) is 85.2 Å². The van der Waals surface area contributed by atoms with Gasteiger partial charge < -0.3 is 15.5 Å². The fraction of sp³-hybridized carbons (Fsp3) is 0.400. The maximum atomic E-state index is 11.5. The average Bonchev–Trinajstić information content (AvgIpc) is 1.98. The van der Waals surface area contributed by atoms with E-state index in [9.17, 15) is 9.59 Å². The number of nitrogen functional groups attached to an aromatic ring is 1. The molecule has 1 heterocycles. The smallest absolute Gasteiger partial charge is 0.355 e. The molecule has 3 N–H and O–H groups in total. The van der Waals surface area contributed by atoms with Crippen LogP contribution in [-0.4, -0.2) is 16.6 Å². The van der Waals surface area contributed by atoms with Crippen LogP contribution in [0.3, 0.4) is 0 Å². The number of carbonyl (C=O) groups is 1. The molecule has 0 fully saturated rings. The summed E-state index contributed by atoms with van der Waals surface area (Å²) in [4.78, 5) is 25.2. The summed E-state index contributed by atoms with van der Waals surface area (Å²) in [6, 6.07) is 2.36. The third kappa shape index (κ3) is 3.46. The number of aromatic nitrogens is 1. The van der Waals surface area contributed by atoms with Gasteiger partial charge in [0, 0.05) is 12.1 Å². The molecule has 0 spiro atoms. The Hall–Kier alpha value is -1.78. The van der Waals surface area contributed by atoms with E-state index < -0.39 is 11.6 Å². The first kappa shape index (κ1) is 11.3. The summed E-state index contributed by atoms with van der Waals surface area (Å²) in [5.41, 5.74) is 4.54. The molecule has 1 rings (SSSR count). The van der Waals surface area contributed by atoms with Crippen LogP contribution in [0.4, 0.5) is 5.82 Å². The standard InChI is InChI=1S/C10H14N2O3/c1-10(2,3)15-9(14)7-4-6(13)5-8(11)12-7/h4-5H,1-3H3,(H3,11,12,13). The second-order valence-corrected chi connectivity index (χ2v) is 4.19. The van der Waals surface area contributed by atoms with Gasteiger partial charge in [0.25, 0.3) is 0 Å². The van der Waals surface area contributed by atoms with E-state index >= 15 is 0 Å². The van der Waals surface area contributed by atoms with Crippen molar-refractivity contribution in [2.45, 2.75) is 26.4 Å². The minimum atomic E-state index is -0.599. The van der Waals surface area contributed by atoms with Gasteiger partial charge >= 0.3 is 5.97 Å². The van der Waals surface area contributed by atoms with Gasteiger partial charge in [0.2, 0.25) is 0 Å². The summed E-state index contributed by atoms with van der Waals surface area (Å²) in [6.45, 7) is 5.24. The molecule has 0 aromatic carbocycles. The minimum absolute atomic E-state index is 0.0647. The zero-order chi connectivity index (χ0) is 11.6. The van der Waals surface area contributed by atoms with Crippen molar-refractivity contribution in [1.82, 2.24) is 4.98 Å². The largest absolute Gasteiger partial charge is 0.455 e. The number of pyridine rings is 1. The Kier molecular flexibility index (Phi) is 2.83. The van der Waals surface area contributed by atoms with Crippen LogP contribution in [0.15, 0.2) is 16.9 Å². The van der Waals surface area contributed by atoms with Crippen molar-refractivity contribution in [2.75, 3.05) is 5.73 Å². The van der Waals surface area contributed by atoms with Crippen LogP contribution in [-0.2, 0) is 4.74 Å². The highest BCUT2D eigenvalue weighted by Gasteiger charge is 2.18. The van der Waals surface area contributed by atoms with Crippen molar-refractivity contribution in [3.63, 3.8) is 0 Å². The van der Waals surface area contributed by atoms with Gasteiger partial charge in [0.1, 0.15) is 17.1 Å². The molecule has 0 saturated carbocycles. The Morgan fingerprint density at radius 2 is 2.00 bits per heavy atom. The van der Waals surface area contributed by atoms with Gasteiger partial charge in [-0.3, -0.25) is 4.79 Å². The van der Waals surface area contributed by atoms with E-state index in [1.165, 1.54) is 6.07 Å². The van der Waals surface area contributed by atoms with E-state index in [2.05, 4.69) is 4.98 Å². The molecular formula is C10H14N2O3. The van der Waals surface area contributed by atoms with Gasteiger partial charge in [-0.15, -0.1) is 0 Å². The fourth-order valence-electron chi connectivity index (χ4n) is 1.01. The first-order valence-electron chi connectivity index (χ1n) is 4.51. The second kappa shape index (κ2) is 3.76. The number of nitrogens with one attached hydrogen (secondary N) is 1. The van der Waals surface area contributed by atoms with E-state index in [0.29, 0.717) is 0 Å². The van der Waals surface area contributed by atoms with Crippen LogP contribution >= 0.6 is 0 Å². The Labute approximate surface area is 87.3 Å². The Morgan fingerprint density at radius 3 is 2.47 bits per heavy atom. The van der Waals surface area contributed by atoms with Crippen LogP contribution in [0.25, 0.3) is 0 Å². The first-order valence-corrected chi connectivity index (χ1v) is 4.51. The average molecular weight is 210 g/mol. The van der Waals surface area contributed by atoms with Crippen molar-refractivity contribution in [1.29, 1.82) is 0 Å². The number of rotatable bonds is 1. The van der Waals surface area contributed by atoms with E-state index in [1.807, 2.05) is 0 Å².